The van der Waals surface area contributed by atoms with Crippen molar-refractivity contribution in [1.29, 1.82) is 0 Å². The summed E-state index contributed by atoms with van der Waals surface area (Å²) in [5.74, 6) is -0.572. The van der Waals surface area contributed by atoms with Gasteiger partial charge in [-0.15, -0.1) is 16.4 Å². The number of sulfonamides is 1. The molecule has 0 aliphatic carbocycles. The van der Waals surface area contributed by atoms with Gasteiger partial charge in [0.05, 0.1) is 19.5 Å². The zero-order valence-electron chi connectivity index (χ0n) is 15.4. The number of carbonyl (C=O) groups is 1. The van der Waals surface area contributed by atoms with Gasteiger partial charge in [-0.1, -0.05) is 16.7 Å². The van der Waals surface area contributed by atoms with Crippen LogP contribution in [0.2, 0.25) is 5.02 Å². The summed E-state index contributed by atoms with van der Waals surface area (Å²) in [4.78, 5) is 13.6. The zero-order valence-corrected chi connectivity index (χ0v) is 19.4. The molecular weight excluding hydrogens is 516 g/mol. The fourth-order valence-corrected chi connectivity index (χ4v) is 6.10. The number of carbonyl (C=O) groups excluding carboxylic acids is 1. The highest BCUT2D eigenvalue weighted by molar-refractivity contribution is 9.11. The van der Waals surface area contributed by atoms with Crippen molar-refractivity contribution in [3.63, 3.8) is 0 Å². The van der Waals surface area contributed by atoms with E-state index < -0.39 is 15.9 Å². The van der Waals surface area contributed by atoms with Gasteiger partial charge in [0.1, 0.15) is 0 Å². The van der Waals surface area contributed by atoms with Crippen LogP contribution < -0.4 is 5.32 Å². The third-order valence-corrected chi connectivity index (χ3v) is 8.39. The Morgan fingerprint density at radius 1 is 1.23 bits per heavy atom. The summed E-state index contributed by atoms with van der Waals surface area (Å²) < 4.78 is 33.5. The number of nitrogens with zero attached hydrogens (tertiary/aromatic N) is 3. The molecule has 1 N–H and O–H groups in total. The normalized spacial score (nSPS) is 17.7. The van der Waals surface area contributed by atoms with Gasteiger partial charge in [-0.3, -0.25) is 10.1 Å². The van der Waals surface area contributed by atoms with Crippen LogP contribution in [0.5, 0.6) is 0 Å². The highest BCUT2D eigenvalue weighted by Crippen LogP contribution is 2.31. The van der Waals surface area contributed by atoms with Crippen molar-refractivity contribution in [2.24, 2.45) is 5.92 Å². The molecule has 0 spiro atoms. The first kappa shape index (κ1) is 21.4. The van der Waals surface area contributed by atoms with E-state index in [-0.39, 0.29) is 23.4 Å². The molecule has 0 radical (unpaired) electrons. The molecule has 1 saturated heterocycles. The van der Waals surface area contributed by atoms with E-state index in [2.05, 4.69) is 31.4 Å². The minimum atomic E-state index is -3.71. The van der Waals surface area contributed by atoms with Crippen LogP contribution in [-0.4, -0.2) is 41.9 Å². The minimum absolute atomic E-state index is 0.0165. The van der Waals surface area contributed by atoms with Crippen LogP contribution in [-0.2, 0) is 14.8 Å². The molecule has 0 bridgehead atoms. The highest BCUT2D eigenvalue weighted by Gasteiger charge is 2.33. The predicted molar refractivity (Wildman–Crippen MR) is 117 cm³/mol. The third-order valence-electron chi connectivity index (χ3n) is 4.65. The van der Waals surface area contributed by atoms with Gasteiger partial charge >= 0.3 is 6.01 Å². The van der Waals surface area contributed by atoms with Crippen molar-refractivity contribution < 1.29 is 17.6 Å². The first-order valence-electron chi connectivity index (χ1n) is 8.99. The molecule has 8 nitrogen and oxygen atoms in total. The van der Waals surface area contributed by atoms with Crippen molar-refractivity contribution >= 4 is 60.8 Å². The number of aromatic nitrogens is 2. The molecule has 3 aromatic rings. The number of amides is 1. The van der Waals surface area contributed by atoms with Crippen LogP contribution in [0.1, 0.15) is 12.8 Å². The molecule has 3 heterocycles. The van der Waals surface area contributed by atoms with Crippen LogP contribution in [0.3, 0.4) is 0 Å². The van der Waals surface area contributed by atoms with Gasteiger partial charge in [0.25, 0.3) is 5.89 Å². The summed E-state index contributed by atoms with van der Waals surface area (Å²) in [6.45, 7) is 0.433. The number of rotatable bonds is 5. The summed E-state index contributed by atoms with van der Waals surface area (Å²) in [5.41, 5.74) is 0. The molecule has 12 heteroatoms. The molecule has 1 aliphatic heterocycles. The van der Waals surface area contributed by atoms with E-state index in [1.165, 1.54) is 39.9 Å². The van der Waals surface area contributed by atoms with E-state index in [0.29, 0.717) is 30.3 Å². The monoisotopic (exact) mass is 530 g/mol. The molecule has 1 fully saturated rings. The molecule has 1 atom stereocenters. The Balaban J connectivity index is 1.44. The molecule has 1 aromatic carbocycles. The Kier molecular flexibility index (Phi) is 6.26. The number of benzene rings is 1. The summed E-state index contributed by atoms with van der Waals surface area (Å²) >= 11 is 10.6. The lowest BCUT2D eigenvalue weighted by molar-refractivity contribution is -0.121. The number of thiophene rings is 1. The lowest BCUT2D eigenvalue weighted by atomic mass is 9.99. The van der Waals surface area contributed by atoms with Crippen LogP contribution in [0, 0.1) is 5.92 Å². The first-order chi connectivity index (χ1) is 14.3. The number of halogens is 2. The number of piperidine rings is 1. The average Bonchev–Trinajstić information content (AvgIpc) is 3.37. The quantitative estimate of drug-likeness (QED) is 0.528. The fraction of sp³-hybridized carbons (Fsp3) is 0.278. The van der Waals surface area contributed by atoms with Crippen molar-refractivity contribution in [3.05, 3.63) is 45.2 Å². The number of hydrogen-bond donors (Lipinski definition) is 1. The van der Waals surface area contributed by atoms with Gasteiger partial charge in [-0.05, 0) is 65.2 Å². The van der Waals surface area contributed by atoms with Crippen molar-refractivity contribution in [1.82, 2.24) is 14.5 Å². The Morgan fingerprint density at radius 2 is 2.00 bits per heavy atom. The van der Waals surface area contributed by atoms with E-state index in [4.69, 9.17) is 16.0 Å². The Morgan fingerprint density at radius 3 is 2.70 bits per heavy atom. The summed E-state index contributed by atoms with van der Waals surface area (Å²) in [6.07, 6.45) is 1.14. The van der Waals surface area contributed by atoms with Gasteiger partial charge in [0, 0.05) is 18.1 Å². The van der Waals surface area contributed by atoms with E-state index in [1.54, 1.807) is 0 Å². The Hall–Kier alpha value is -1.79. The summed E-state index contributed by atoms with van der Waals surface area (Å²) in [6, 6.07) is 9.66. The summed E-state index contributed by atoms with van der Waals surface area (Å²) in [7, 11) is -3.71. The van der Waals surface area contributed by atoms with Gasteiger partial charge in [-0.25, -0.2) is 8.42 Å². The van der Waals surface area contributed by atoms with Crippen LogP contribution in [0.25, 0.3) is 10.8 Å². The van der Waals surface area contributed by atoms with Gasteiger partial charge < -0.3 is 4.42 Å². The van der Waals surface area contributed by atoms with Crippen molar-refractivity contribution in [3.8, 4) is 10.8 Å². The largest absolute Gasteiger partial charge is 0.402 e. The van der Waals surface area contributed by atoms with E-state index in [0.717, 1.165) is 8.66 Å². The smallest absolute Gasteiger partial charge is 0.322 e. The van der Waals surface area contributed by atoms with Crippen molar-refractivity contribution in [2.75, 3.05) is 18.4 Å². The summed E-state index contributed by atoms with van der Waals surface area (Å²) in [5, 5.41) is 10.9. The number of hydrogen-bond acceptors (Lipinski definition) is 7. The number of nitrogens with one attached hydrogen (secondary N) is 1. The zero-order chi connectivity index (χ0) is 21.3. The molecule has 0 saturated carbocycles. The second-order valence-corrected chi connectivity index (χ2v) is 11.5. The molecule has 1 amide bonds. The minimum Gasteiger partial charge on any atom is -0.402 e. The van der Waals surface area contributed by atoms with Gasteiger partial charge in [-0.2, -0.15) is 4.31 Å². The molecule has 1 aliphatic rings. The number of anilines is 1. The molecule has 158 valence electrons. The third kappa shape index (κ3) is 4.59. The topological polar surface area (TPSA) is 105 Å². The predicted octanol–water partition coefficient (Wildman–Crippen LogP) is 4.25. The highest BCUT2D eigenvalue weighted by atomic mass is 79.9. The maximum atomic E-state index is 12.9. The first-order valence-corrected chi connectivity index (χ1v) is 12.4. The second kappa shape index (κ2) is 8.75. The van der Waals surface area contributed by atoms with Crippen molar-refractivity contribution in [2.45, 2.75) is 17.7 Å². The molecule has 2 aromatic heterocycles. The molecule has 4 rings (SSSR count). The lowest BCUT2D eigenvalue weighted by Gasteiger charge is -2.30. The van der Waals surface area contributed by atoms with E-state index >= 15 is 0 Å². The average molecular weight is 532 g/mol. The Labute approximate surface area is 190 Å². The SMILES string of the molecule is O=C(Nc1nnc(-c2ccc(Br)s2)o1)C1CCCN(S(=O)(=O)c2ccc(Cl)cc2)C1. The van der Waals surface area contributed by atoms with Gasteiger partial charge in [0.2, 0.25) is 15.9 Å². The molecule has 1 unspecified atom stereocenters. The lowest BCUT2D eigenvalue weighted by Crippen LogP contribution is -2.43. The molecule has 30 heavy (non-hydrogen) atoms. The van der Waals surface area contributed by atoms with E-state index in [9.17, 15) is 13.2 Å². The van der Waals surface area contributed by atoms with Crippen LogP contribution in [0.4, 0.5) is 6.01 Å². The fourth-order valence-electron chi connectivity index (χ4n) is 3.14. The van der Waals surface area contributed by atoms with Crippen LogP contribution in [0.15, 0.2) is 49.5 Å². The maximum absolute atomic E-state index is 12.9. The maximum Gasteiger partial charge on any atom is 0.322 e. The van der Waals surface area contributed by atoms with Gasteiger partial charge in [0.15, 0.2) is 0 Å². The Bertz CT molecular complexity index is 1160. The standard InChI is InChI=1S/C18H16BrClN4O4S2/c19-15-8-7-14(29-15)17-22-23-18(28-17)21-16(25)11-2-1-9-24(10-11)30(26,27)13-5-3-12(20)4-6-13/h3-8,11H,1-2,9-10H2,(H,21,23,25). The van der Waals surface area contributed by atoms with Crippen LogP contribution >= 0.6 is 38.9 Å². The molecular formula is C18H16BrClN4O4S2. The van der Waals surface area contributed by atoms with E-state index in [1.807, 2.05) is 12.1 Å². The second-order valence-electron chi connectivity index (χ2n) is 6.66.